The fraction of sp³-hybridized carbons (Fsp3) is 0.333. The van der Waals surface area contributed by atoms with Crippen molar-refractivity contribution in [1.82, 2.24) is 4.98 Å². The first-order valence-electron chi connectivity index (χ1n) is 8.04. The molecule has 0 radical (unpaired) electrons. The van der Waals surface area contributed by atoms with Crippen LogP contribution in [0.3, 0.4) is 0 Å². The van der Waals surface area contributed by atoms with Gasteiger partial charge in [0.25, 0.3) is 5.91 Å². The number of hydrogen-bond acceptors (Lipinski definition) is 4. The summed E-state index contributed by atoms with van der Waals surface area (Å²) in [7, 11) is 1.43. The van der Waals surface area contributed by atoms with E-state index in [0.29, 0.717) is 5.75 Å². The van der Waals surface area contributed by atoms with E-state index in [2.05, 4.69) is 10.3 Å². The Balaban J connectivity index is 1.86. The van der Waals surface area contributed by atoms with Gasteiger partial charge in [-0.1, -0.05) is 11.6 Å². The van der Waals surface area contributed by atoms with E-state index in [0.717, 1.165) is 31.7 Å². The van der Waals surface area contributed by atoms with Gasteiger partial charge in [-0.05, 0) is 43.9 Å². The second-order valence-corrected chi connectivity index (χ2v) is 6.20. The number of rotatable bonds is 5. The lowest BCUT2D eigenvalue weighted by Crippen LogP contribution is -2.17. The lowest BCUT2D eigenvalue weighted by molar-refractivity contribution is 0.102. The van der Waals surface area contributed by atoms with Gasteiger partial charge in [0.2, 0.25) is 0 Å². The molecule has 1 aliphatic carbocycles. The molecule has 5 nitrogen and oxygen atoms in total. The van der Waals surface area contributed by atoms with Gasteiger partial charge in [-0.3, -0.25) is 4.79 Å². The maximum atomic E-state index is 14.3. The maximum Gasteiger partial charge on any atom is 0.259 e. The van der Waals surface area contributed by atoms with Crippen molar-refractivity contribution in [2.24, 2.45) is 0 Å². The van der Waals surface area contributed by atoms with Crippen LogP contribution >= 0.6 is 11.6 Å². The average Bonchev–Trinajstić information content (AvgIpc) is 3.11. The molecule has 1 amide bonds. The second kappa shape index (κ2) is 7.70. The monoisotopic (exact) mass is 364 g/mol. The SMILES string of the molecule is COc1cc(F)c(C(=O)Nc2ncccc2Cl)cc1OC1CCCC1. The zero-order chi connectivity index (χ0) is 17.8. The summed E-state index contributed by atoms with van der Waals surface area (Å²) in [6.45, 7) is 0. The van der Waals surface area contributed by atoms with Crippen molar-refractivity contribution in [3.05, 3.63) is 46.9 Å². The number of benzene rings is 1. The summed E-state index contributed by atoms with van der Waals surface area (Å²) in [6.07, 6.45) is 5.61. The number of nitrogens with zero attached hydrogens (tertiary/aromatic N) is 1. The third-order valence-corrected chi connectivity index (χ3v) is 4.39. The topological polar surface area (TPSA) is 60.5 Å². The average molecular weight is 365 g/mol. The van der Waals surface area contributed by atoms with Crippen molar-refractivity contribution in [2.75, 3.05) is 12.4 Å². The van der Waals surface area contributed by atoms with Gasteiger partial charge in [0.15, 0.2) is 17.3 Å². The summed E-state index contributed by atoms with van der Waals surface area (Å²) in [6, 6.07) is 5.74. The van der Waals surface area contributed by atoms with Gasteiger partial charge in [-0.25, -0.2) is 9.37 Å². The minimum Gasteiger partial charge on any atom is -0.493 e. The molecule has 1 saturated carbocycles. The summed E-state index contributed by atoms with van der Waals surface area (Å²) < 4.78 is 25.4. The molecular weight excluding hydrogens is 347 g/mol. The normalized spacial score (nSPS) is 14.4. The Morgan fingerprint density at radius 3 is 2.76 bits per heavy atom. The van der Waals surface area contributed by atoms with E-state index in [4.69, 9.17) is 21.1 Å². The predicted molar refractivity (Wildman–Crippen MR) is 93.0 cm³/mol. The Morgan fingerprint density at radius 1 is 1.32 bits per heavy atom. The Bertz CT molecular complexity index is 779. The fourth-order valence-electron chi connectivity index (χ4n) is 2.80. The first-order chi connectivity index (χ1) is 12.1. The molecule has 0 saturated heterocycles. The van der Waals surface area contributed by atoms with Gasteiger partial charge in [-0.2, -0.15) is 0 Å². The molecule has 0 aliphatic heterocycles. The van der Waals surface area contributed by atoms with Gasteiger partial charge in [-0.15, -0.1) is 0 Å². The van der Waals surface area contributed by atoms with Crippen molar-refractivity contribution in [2.45, 2.75) is 31.8 Å². The molecule has 1 aromatic heterocycles. The Hall–Kier alpha value is -2.34. The van der Waals surface area contributed by atoms with Gasteiger partial charge < -0.3 is 14.8 Å². The molecular formula is C18H18ClFN2O3. The van der Waals surface area contributed by atoms with Crippen molar-refractivity contribution in [3.8, 4) is 11.5 Å². The van der Waals surface area contributed by atoms with Crippen molar-refractivity contribution in [1.29, 1.82) is 0 Å². The van der Waals surface area contributed by atoms with Crippen LogP contribution in [0.5, 0.6) is 11.5 Å². The third-order valence-electron chi connectivity index (χ3n) is 4.08. The molecule has 0 unspecified atom stereocenters. The van der Waals surface area contributed by atoms with Gasteiger partial charge in [0.1, 0.15) is 5.82 Å². The highest BCUT2D eigenvalue weighted by atomic mass is 35.5. The Kier molecular flexibility index (Phi) is 5.38. The van der Waals surface area contributed by atoms with E-state index in [1.165, 1.54) is 19.4 Å². The minimum absolute atomic E-state index is 0.0560. The van der Waals surface area contributed by atoms with Crippen LogP contribution in [0.4, 0.5) is 10.2 Å². The summed E-state index contributed by atoms with van der Waals surface area (Å²) in [5.74, 6) is -0.579. The van der Waals surface area contributed by atoms with Crippen LogP contribution in [0.25, 0.3) is 0 Å². The van der Waals surface area contributed by atoms with Crippen molar-refractivity contribution < 1.29 is 18.7 Å². The van der Waals surface area contributed by atoms with Crippen LogP contribution in [0.15, 0.2) is 30.5 Å². The number of hydrogen-bond donors (Lipinski definition) is 1. The molecule has 1 N–H and O–H groups in total. The van der Waals surface area contributed by atoms with E-state index in [-0.39, 0.29) is 28.3 Å². The second-order valence-electron chi connectivity index (χ2n) is 5.80. The number of aromatic nitrogens is 1. The zero-order valence-electron chi connectivity index (χ0n) is 13.7. The highest BCUT2D eigenvalue weighted by Gasteiger charge is 2.22. The van der Waals surface area contributed by atoms with E-state index >= 15 is 0 Å². The summed E-state index contributed by atoms with van der Waals surface area (Å²) in [5, 5.41) is 2.78. The number of carbonyl (C=O) groups is 1. The molecule has 1 fully saturated rings. The molecule has 2 aromatic rings. The third kappa shape index (κ3) is 4.02. The smallest absolute Gasteiger partial charge is 0.259 e. The predicted octanol–water partition coefficient (Wildman–Crippen LogP) is 4.46. The van der Waals surface area contributed by atoms with E-state index in [1.807, 2.05) is 0 Å². The minimum atomic E-state index is -0.708. The van der Waals surface area contributed by atoms with Gasteiger partial charge in [0, 0.05) is 12.3 Å². The van der Waals surface area contributed by atoms with Crippen LogP contribution in [-0.4, -0.2) is 24.1 Å². The lowest BCUT2D eigenvalue weighted by atomic mass is 10.1. The van der Waals surface area contributed by atoms with Crippen LogP contribution in [0.2, 0.25) is 5.02 Å². The molecule has 0 atom stereocenters. The molecule has 3 rings (SSSR count). The summed E-state index contributed by atoms with van der Waals surface area (Å²) in [5.41, 5.74) is -0.157. The lowest BCUT2D eigenvalue weighted by Gasteiger charge is -2.17. The molecule has 25 heavy (non-hydrogen) atoms. The summed E-state index contributed by atoms with van der Waals surface area (Å²) in [4.78, 5) is 16.4. The Morgan fingerprint density at radius 2 is 2.08 bits per heavy atom. The van der Waals surface area contributed by atoms with Gasteiger partial charge >= 0.3 is 0 Å². The quantitative estimate of drug-likeness (QED) is 0.851. The van der Waals surface area contributed by atoms with E-state index < -0.39 is 11.7 Å². The largest absolute Gasteiger partial charge is 0.493 e. The number of halogens is 2. The van der Waals surface area contributed by atoms with E-state index in [9.17, 15) is 9.18 Å². The van der Waals surface area contributed by atoms with E-state index in [1.54, 1.807) is 12.1 Å². The molecule has 0 bridgehead atoms. The highest BCUT2D eigenvalue weighted by molar-refractivity contribution is 6.33. The molecule has 1 aliphatic rings. The number of pyridine rings is 1. The number of anilines is 1. The molecule has 7 heteroatoms. The number of nitrogens with one attached hydrogen (secondary N) is 1. The first kappa shape index (κ1) is 17.5. The molecule has 0 spiro atoms. The number of amides is 1. The molecule has 132 valence electrons. The number of methoxy groups -OCH3 is 1. The van der Waals surface area contributed by atoms with Crippen LogP contribution < -0.4 is 14.8 Å². The summed E-state index contributed by atoms with van der Waals surface area (Å²) >= 11 is 5.97. The maximum absolute atomic E-state index is 14.3. The zero-order valence-corrected chi connectivity index (χ0v) is 14.5. The van der Waals surface area contributed by atoms with Crippen molar-refractivity contribution in [3.63, 3.8) is 0 Å². The molecule has 1 aromatic carbocycles. The van der Waals surface area contributed by atoms with Gasteiger partial charge in [0.05, 0.1) is 23.8 Å². The number of ether oxygens (including phenoxy) is 2. The standard InChI is InChI=1S/C18H18ClFN2O3/c1-24-15-10-14(20)12(9-16(15)25-11-5-2-3-6-11)18(23)22-17-13(19)7-4-8-21-17/h4,7-11H,2-3,5-6H2,1H3,(H,21,22,23). The highest BCUT2D eigenvalue weighted by Crippen LogP contribution is 2.34. The fourth-order valence-corrected chi connectivity index (χ4v) is 2.97. The van der Waals surface area contributed by atoms with Crippen LogP contribution in [0, 0.1) is 5.82 Å². The molecule has 1 heterocycles. The van der Waals surface area contributed by atoms with Crippen molar-refractivity contribution >= 4 is 23.3 Å². The van der Waals surface area contributed by atoms with Crippen LogP contribution in [-0.2, 0) is 0 Å². The first-order valence-corrected chi connectivity index (χ1v) is 8.42. The van der Waals surface area contributed by atoms with Crippen LogP contribution in [0.1, 0.15) is 36.0 Å². The Labute approximate surface area is 150 Å². The number of carbonyl (C=O) groups excluding carboxylic acids is 1.